The van der Waals surface area contributed by atoms with Gasteiger partial charge in [0, 0.05) is 5.02 Å². The quantitative estimate of drug-likeness (QED) is 0.435. The number of nitrogens with one attached hydrogen (secondary N) is 2. The minimum Gasteiger partial charge on any atom is -0.382 e. The highest BCUT2D eigenvalue weighted by molar-refractivity contribution is 6.45. The number of hydrogen-bond donors (Lipinski definition) is 3. The Balaban J connectivity index is 2.98. The molecule has 1 rings (SSSR count). The minimum absolute atomic E-state index is 0.157. The predicted molar refractivity (Wildman–Crippen MR) is 69.5 cm³/mol. The highest BCUT2D eigenvalue weighted by atomic mass is 35.5. The summed E-state index contributed by atoms with van der Waals surface area (Å²) < 4.78 is 0. The van der Waals surface area contributed by atoms with E-state index in [-0.39, 0.29) is 11.5 Å². The van der Waals surface area contributed by atoms with Crippen molar-refractivity contribution in [1.29, 1.82) is 10.7 Å². The molecule has 4 N–H and O–H groups in total. The zero-order valence-corrected chi connectivity index (χ0v) is 10.3. The molecule has 0 saturated carbocycles. The normalized spacial score (nSPS) is 10.8. The molecule has 0 aliphatic heterocycles. The molecule has 0 bridgehead atoms. The fourth-order valence-corrected chi connectivity index (χ4v) is 1.39. The van der Waals surface area contributed by atoms with Crippen LogP contribution in [0.1, 0.15) is 11.1 Å². The average Bonchev–Trinajstić information content (AvgIpc) is 2.26. The van der Waals surface area contributed by atoms with E-state index >= 15 is 0 Å². The largest absolute Gasteiger partial charge is 0.382 e. The van der Waals surface area contributed by atoms with Crippen molar-refractivity contribution in [1.82, 2.24) is 0 Å². The number of hydrogen-bond acceptors (Lipinski definition) is 4. The Morgan fingerprint density at radius 3 is 2.41 bits per heavy atom. The van der Waals surface area contributed by atoms with E-state index in [0.29, 0.717) is 10.7 Å². The molecule has 1 aromatic carbocycles. The van der Waals surface area contributed by atoms with Crippen LogP contribution in [0, 0.1) is 30.6 Å². The van der Waals surface area contributed by atoms with Gasteiger partial charge in [-0.1, -0.05) is 11.6 Å². The second-order valence-electron chi connectivity index (χ2n) is 3.52. The van der Waals surface area contributed by atoms with Crippen LogP contribution in [0.15, 0.2) is 17.2 Å². The van der Waals surface area contributed by atoms with Gasteiger partial charge >= 0.3 is 0 Å². The molecule has 0 aliphatic rings. The van der Waals surface area contributed by atoms with Gasteiger partial charge in [-0.25, -0.2) is 0 Å². The summed E-state index contributed by atoms with van der Waals surface area (Å²) in [5.41, 5.74) is 10.2. The number of nitrogens with zero attached hydrogens (tertiary/aromatic N) is 2. The Bertz CT molecular complexity index is 504. The fraction of sp³-hybridized carbons (Fsp3) is 0.182. The van der Waals surface area contributed by atoms with E-state index in [2.05, 4.69) is 10.5 Å². The first-order valence-electron chi connectivity index (χ1n) is 4.80. The molecule has 5 nitrogen and oxygen atoms in total. The number of hydrazone groups is 1. The zero-order chi connectivity index (χ0) is 13.0. The summed E-state index contributed by atoms with van der Waals surface area (Å²) in [6.07, 6.45) is 0. The van der Waals surface area contributed by atoms with Crippen molar-refractivity contribution in [2.75, 3.05) is 5.43 Å². The van der Waals surface area contributed by atoms with Gasteiger partial charge in [0.15, 0.2) is 5.84 Å². The van der Waals surface area contributed by atoms with E-state index in [1.165, 1.54) is 0 Å². The van der Waals surface area contributed by atoms with Crippen LogP contribution in [0.2, 0.25) is 5.02 Å². The molecule has 0 fully saturated rings. The Morgan fingerprint density at radius 2 is 2.00 bits per heavy atom. The van der Waals surface area contributed by atoms with Crippen LogP contribution in [0.25, 0.3) is 0 Å². The molecule has 0 saturated heterocycles. The summed E-state index contributed by atoms with van der Waals surface area (Å²) in [5, 5.41) is 20.2. The number of nitriles is 1. The first kappa shape index (κ1) is 13.0. The van der Waals surface area contributed by atoms with Gasteiger partial charge in [-0.2, -0.15) is 10.4 Å². The molecule has 0 spiro atoms. The van der Waals surface area contributed by atoms with Gasteiger partial charge in [0.25, 0.3) is 0 Å². The maximum Gasteiger partial charge on any atom is 0.201 e. The molecule has 0 heterocycles. The molecule has 1 aromatic rings. The van der Waals surface area contributed by atoms with Gasteiger partial charge in [0.2, 0.25) is 5.71 Å². The molecule has 0 atom stereocenters. The number of rotatable bonds is 3. The summed E-state index contributed by atoms with van der Waals surface area (Å²) in [7, 11) is 0. The van der Waals surface area contributed by atoms with Crippen molar-refractivity contribution in [2.24, 2.45) is 10.8 Å². The average molecular weight is 250 g/mol. The van der Waals surface area contributed by atoms with Crippen molar-refractivity contribution in [3.8, 4) is 6.07 Å². The van der Waals surface area contributed by atoms with Crippen LogP contribution in [0.3, 0.4) is 0 Å². The highest BCUT2D eigenvalue weighted by Gasteiger charge is 2.04. The number of anilines is 1. The van der Waals surface area contributed by atoms with Gasteiger partial charge in [-0.15, -0.1) is 0 Å². The lowest BCUT2D eigenvalue weighted by Crippen LogP contribution is -2.21. The summed E-state index contributed by atoms with van der Waals surface area (Å²) >= 11 is 6.02. The van der Waals surface area contributed by atoms with Crippen molar-refractivity contribution in [2.45, 2.75) is 13.8 Å². The molecule has 0 aliphatic carbocycles. The maximum absolute atomic E-state index is 8.67. The summed E-state index contributed by atoms with van der Waals surface area (Å²) in [6.45, 7) is 3.75. The Morgan fingerprint density at radius 1 is 1.47 bits per heavy atom. The smallest absolute Gasteiger partial charge is 0.201 e. The van der Waals surface area contributed by atoms with E-state index in [1.54, 1.807) is 18.2 Å². The molecule has 0 amide bonds. The first-order valence-corrected chi connectivity index (χ1v) is 5.18. The van der Waals surface area contributed by atoms with Crippen LogP contribution in [0.4, 0.5) is 5.69 Å². The molecular formula is C11H12ClN5. The topological polar surface area (TPSA) is 98.0 Å². The van der Waals surface area contributed by atoms with Crippen molar-refractivity contribution in [3.63, 3.8) is 0 Å². The van der Waals surface area contributed by atoms with Gasteiger partial charge in [-0.05, 0) is 37.1 Å². The third kappa shape index (κ3) is 3.20. The highest BCUT2D eigenvalue weighted by Crippen LogP contribution is 2.24. The van der Waals surface area contributed by atoms with E-state index in [4.69, 9.17) is 28.0 Å². The summed E-state index contributed by atoms with van der Waals surface area (Å²) in [6, 6.07) is 5.32. The Labute approximate surface area is 104 Å². The van der Waals surface area contributed by atoms with E-state index < -0.39 is 0 Å². The second-order valence-corrected chi connectivity index (χ2v) is 3.90. The lowest BCUT2D eigenvalue weighted by Gasteiger charge is -2.07. The minimum atomic E-state index is -0.373. The monoisotopic (exact) mass is 249 g/mol. The Kier molecular flexibility index (Phi) is 4.07. The van der Waals surface area contributed by atoms with Crippen LogP contribution in [0.5, 0.6) is 0 Å². The molecule has 0 radical (unpaired) electrons. The SMILES string of the molecule is Cc1cc(N/N=C(\C#N)C(=N)N)cc(C)c1Cl. The van der Waals surface area contributed by atoms with E-state index in [1.807, 2.05) is 13.8 Å². The molecule has 0 unspecified atom stereocenters. The third-order valence-electron chi connectivity index (χ3n) is 2.09. The van der Waals surface area contributed by atoms with Gasteiger partial charge in [0.05, 0.1) is 5.69 Å². The Hall–Kier alpha value is -2.06. The van der Waals surface area contributed by atoms with Gasteiger partial charge in [-0.3, -0.25) is 10.8 Å². The predicted octanol–water partition coefficient (Wildman–Crippen LogP) is 2.18. The number of halogens is 1. The summed E-state index contributed by atoms with van der Waals surface area (Å²) in [5.74, 6) is -0.373. The standard InChI is InChI=1S/C11H12ClN5/c1-6-3-8(4-7(2)10(6)12)16-17-9(5-13)11(14)15/h3-4,16H,1-2H3,(H3,14,15)/b17-9+. The lowest BCUT2D eigenvalue weighted by atomic mass is 10.1. The second kappa shape index (κ2) is 5.32. The number of aryl methyl sites for hydroxylation is 2. The number of nitrogens with two attached hydrogens (primary N) is 1. The van der Waals surface area contributed by atoms with Crippen LogP contribution in [-0.2, 0) is 0 Å². The van der Waals surface area contributed by atoms with Crippen LogP contribution in [-0.4, -0.2) is 11.5 Å². The lowest BCUT2D eigenvalue weighted by molar-refractivity contribution is 1.30. The summed E-state index contributed by atoms with van der Waals surface area (Å²) in [4.78, 5) is 0. The fourth-order valence-electron chi connectivity index (χ4n) is 1.28. The molecule has 0 aromatic heterocycles. The van der Waals surface area contributed by atoms with E-state index in [9.17, 15) is 0 Å². The van der Waals surface area contributed by atoms with Crippen molar-refractivity contribution in [3.05, 3.63) is 28.3 Å². The van der Waals surface area contributed by atoms with E-state index in [0.717, 1.165) is 11.1 Å². The molecule has 17 heavy (non-hydrogen) atoms. The van der Waals surface area contributed by atoms with Crippen molar-refractivity contribution < 1.29 is 0 Å². The third-order valence-corrected chi connectivity index (χ3v) is 2.69. The number of benzene rings is 1. The van der Waals surface area contributed by atoms with Gasteiger partial charge in [0.1, 0.15) is 6.07 Å². The molecule has 6 heteroatoms. The maximum atomic E-state index is 8.67. The number of amidine groups is 1. The molecule has 88 valence electrons. The zero-order valence-electron chi connectivity index (χ0n) is 9.50. The molecular weight excluding hydrogens is 238 g/mol. The van der Waals surface area contributed by atoms with Gasteiger partial charge < -0.3 is 5.73 Å². The van der Waals surface area contributed by atoms with Crippen molar-refractivity contribution >= 4 is 28.8 Å². The van der Waals surface area contributed by atoms with Crippen LogP contribution >= 0.6 is 11.6 Å². The first-order chi connectivity index (χ1) is 7.95. The van der Waals surface area contributed by atoms with Crippen LogP contribution < -0.4 is 11.2 Å².